The zero-order valence-corrected chi connectivity index (χ0v) is 13.6. The molecule has 0 aromatic carbocycles. The average Bonchev–Trinajstić information content (AvgIpc) is 3.11. The Morgan fingerprint density at radius 3 is 3.09 bits per heavy atom. The van der Waals surface area contributed by atoms with Crippen LogP contribution in [0.5, 0.6) is 0 Å². The summed E-state index contributed by atoms with van der Waals surface area (Å²) in [5, 5.41) is 13.2. The molecular weight excluding hydrogens is 317 g/mol. The van der Waals surface area contributed by atoms with E-state index < -0.39 is 6.17 Å². The molecule has 2 aromatic heterocycles. The lowest BCUT2D eigenvalue weighted by atomic mass is 10.2. The number of rotatable bonds is 5. The number of likely N-dealkylation sites (tertiary alicyclic amines) is 1. The van der Waals surface area contributed by atoms with Gasteiger partial charge in [-0.2, -0.15) is 10.2 Å². The molecule has 0 radical (unpaired) electrons. The number of alkyl halides is 1. The number of nitrogens with zero attached hydrogens (tertiary/aromatic N) is 4. The molecule has 1 fully saturated rings. The molecule has 0 saturated carbocycles. The summed E-state index contributed by atoms with van der Waals surface area (Å²) in [6, 6.07) is 1.58. The Kier molecular flexibility index (Phi) is 4.92. The number of amides is 1. The van der Waals surface area contributed by atoms with Crippen molar-refractivity contribution in [3.8, 4) is 0 Å². The van der Waals surface area contributed by atoms with Gasteiger partial charge in [0, 0.05) is 31.1 Å². The Bertz CT molecular complexity index is 665. The topological polar surface area (TPSA) is 71.0 Å². The number of hydrogen-bond donors (Lipinski definition) is 1. The molecule has 8 heteroatoms. The van der Waals surface area contributed by atoms with Crippen molar-refractivity contribution in [3.05, 3.63) is 40.1 Å². The SMILES string of the molecule is Cc1nc(CN2C[C@@H](F)C[C@H]2CNC(=O)c2ccnnc2)cs1. The van der Waals surface area contributed by atoms with Gasteiger partial charge in [0.2, 0.25) is 0 Å². The van der Waals surface area contributed by atoms with Crippen molar-refractivity contribution in [2.75, 3.05) is 13.1 Å². The fourth-order valence-corrected chi connectivity index (χ4v) is 3.36. The lowest BCUT2D eigenvalue weighted by Crippen LogP contribution is -2.39. The van der Waals surface area contributed by atoms with Crippen LogP contribution in [0.3, 0.4) is 0 Å². The highest BCUT2D eigenvalue weighted by atomic mass is 32.1. The van der Waals surface area contributed by atoms with Crippen LogP contribution in [0.1, 0.15) is 27.5 Å². The molecule has 0 unspecified atom stereocenters. The van der Waals surface area contributed by atoms with E-state index >= 15 is 0 Å². The van der Waals surface area contributed by atoms with Crippen LogP contribution in [-0.2, 0) is 6.54 Å². The fourth-order valence-electron chi connectivity index (χ4n) is 2.75. The van der Waals surface area contributed by atoms with E-state index in [4.69, 9.17) is 0 Å². The first-order valence-corrected chi connectivity index (χ1v) is 8.34. The van der Waals surface area contributed by atoms with Gasteiger partial charge in [-0.15, -0.1) is 11.3 Å². The van der Waals surface area contributed by atoms with Crippen LogP contribution >= 0.6 is 11.3 Å². The standard InChI is InChI=1S/C15H18FN5OS/c1-10-20-13(9-23-10)8-21-7-12(16)4-14(21)6-17-15(22)11-2-3-18-19-5-11/h2-3,5,9,12,14H,4,6-8H2,1H3,(H,17,22)/t12-,14-/m0/s1. The number of carbonyl (C=O) groups is 1. The largest absolute Gasteiger partial charge is 0.350 e. The summed E-state index contributed by atoms with van der Waals surface area (Å²) in [7, 11) is 0. The molecule has 122 valence electrons. The van der Waals surface area contributed by atoms with Crippen LogP contribution in [-0.4, -0.2) is 51.3 Å². The van der Waals surface area contributed by atoms with Crippen molar-refractivity contribution < 1.29 is 9.18 Å². The summed E-state index contributed by atoms with van der Waals surface area (Å²) >= 11 is 1.59. The minimum absolute atomic E-state index is 0.0225. The molecule has 1 amide bonds. The van der Waals surface area contributed by atoms with Crippen LogP contribution < -0.4 is 5.32 Å². The number of halogens is 1. The van der Waals surface area contributed by atoms with Crippen LogP contribution in [0.25, 0.3) is 0 Å². The van der Waals surface area contributed by atoms with Gasteiger partial charge in [-0.1, -0.05) is 0 Å². The first-order valence-electron chi connectivity index (χ1n) is 7.46. The molecule has 0 bridgehead atoms. The predicted octanol–water partition coefficient (Wildman–Crippen LogP) is 1.58. The third-order valence-electron chi connectivity index (χ3n) is 3.85. The summed E-state index contributed by atoms with van der Waals surface area (Å²) < 4.78 is 13.8. The van der Waals surface area contributed by atoms with Crippen molar-refractivity contribution in [2.24, 2.45) is 0 Å². The first kappa shape index (κ1) is 15.9. The van der Waals surface area contributed by atoms with Crippen molar-refractivity contribution in [2.45, 2.75) is 32.1 Å². The quantitative estimate of drug-likeness (QED) is 0.898. The fraction of sp³-hybridized carbons (Fsp3) is 0.467. The molecule has 2 atom stereocenters. The van der Waals surface area contributed by atoms with E-state index in [0.717, 1.165) is 10.7 Å². The molecule has 1 saturated heterocycles. The Morgan fingerprint density at radius 2 is 2.39 bits per heavy atom. The van der Waals surface area contributed by atoms with Gasteiger partial charge >= 0.3 is 0 Å². The van der Waals surface area contributed by atoms with Crippen molar-refractivity contribution in [1.82, 2.24) is 25.4 Å². The Labute approximate surface area is 137 Å². The summed E-state index contributed by atoms with van der Waals surface area (Å²) in [6.07, 6.45) is 2.45. The molecule has 0 spiro atoms. The number of nitrogens with one attached hydrogen (secondary N) is 1. The summed E-state index contributed by atoms with van der Waals surface area (Å²) in [5.41, 5.74) is 1.41. The van der Waals surface area contributed by atoms with Gasteiger partial charge in [0.1, 0.15) is 6.17 Å². The Morgan fingerprint density at radius 1 is 1.52 bits per heavy atom. The van der Waals surface area contributed by atoms with Crippen LogP contribution in [0.4, 0.5) is 4.39 Å². The van der Waals surface area contributed by atoms with E-state index in [9.17, 15) is 9.18 Å². The number of hydrogen-bond acceptors (Lipinski definition) is 6. The van der Waals surface area contributed by atoms with Gasteiger partial charge in [-0.3, -0.25) is 9.69 Å². The van der Waals surface area contributed by atoms with Gasteiger partial charge < -0.3 is 5.32 Å². The normalized spacial score (nSPS) is 21.5. The zero-order valence-electron chi connectivity index (χ0n) is 12.8. The van der Waals surface area contributed by atoms with E-state index in [1.54, 1.807) is 17.4 Å². The van der Waals surface area contributed by atoms with Crippen LogP contribution in [0, 0.1) is 6.92 Å². The number of aryl methyl sites for hydroxylation is 1. The van der Waals surface area contributed by atoms with Crippen LogP contribution in [0.15, 0.2) is 23.8 Å². The van der Waals surface area contributed by atoms with Crippen molar-refractivity contribution >= 4 is 17.2 Å². The number of thiazole rings is 1. The highest BCUT2D eigenvalue weighted by Crippen LogP contribution is 2.23. The van der Waals surface area contributed by atoms with Crippen LogP contribution in [0.2, 0.25) is 0 Å². The maximum atomic E-state index is 13.8. The highest BCUT2D eigenvalue weighted by Gasteiger charge is 2.32. The molecular formula is C15H18FN5OS. The Balaban J connectivity index is 1.58. The summed E-state index contributed by atoms with van der Waals surface area (Å²) in [4.78, 5) is 18.5. The maximum Gasteiger partial charge on any atom is 0.253 e. The van der Waals surface area contributed by atoms with Gasteiger partial charge in [-0.05, 0) is 19.4 Å². The van der Waals surface area contributed by atoms with Gasteiger partial charge in [-0.25, -0.2) is 9.37 Å². The third kappa shape index (κ3) is 4.08. The minimum atomic E-state index is -0.862. The Hall–Kier alpha value is -1.93. The second kappa shape index (κ2) is 7.10. The summed E-state index contributed by atoms with van der Waals surface area (Å²) in [5.74, 6) is -0.216. The number of carbonyl (C=O) groups excluding carboxylic acids is 1. The lowest BCUT2D eigenvalue weighted by molar-refractivity contribution is 0.0939. The molecule has 1 N–H and O–H groups in total. The zero-order chi connectivity index (χ0) is 16.2. The second-order valence-corrected chi connectivity index (χ2v) is 6.68. The summed E-state index contributed by atoms with van der Waals surface area (Å²) in [6.45, 7) is 3.36. The molecule has 2 aromatic rings. The average molecular weight is 335 g/mol. The minimum Gasteiger partial charge on any atom is -0.350 e. The van der Waals surface area contributed by atoms with E-state index in [-0.39, 0.29) is 11.9 Å². The molecule has 23 heavy (non-hydrogen) atoms. The van der Waals surface area contributed by atoms with E-state index in [1.807, 2.05) is 17.2 Å². The third-order valence-corrected chi connectivity index (χ3v) is 4.68. The maximum absolute atomic E-state index is 13.8. The smallest absolute Gasteiger partial charge is 0.253 e. The lowest BCUT2D eigenvalue weighted by Gasteiger charge is -2.23. The molecule has 1 aliphatic heterocycles. The van der Waals surface area contributed by atoms with Gasteiger partial charge in [0.15, 0.2) is 0 Å². The first-order chi connectivity index (χ1) is 11.1. The molecule has 3 heterocycles. The monoisotopic (exact) mass is 335 g/mol. The van der Waals surface area contributed by atoms with Crippen molar-refractivity contribution in [1.29, 1.82) is 0 Å². The molecule has 6 nitrogen and oxygen atoms in total. The van der Waals surface area contributed by atoms with Gasteiger partial charge in [0.25, 0.3) is 5.91 Å². The van der Waals surface area contributed by atoms with E-state index in [1.165, 1.54) is 12.4 Å². The van der Waals surface area contributed by atoms with E-state index in [0.29, 0.717) is 31.6 Å². The predicted molar refractivity (Wildman–Crippen MR) is 84.9 cm³/mol. The van der Waals surface area contributed by atoms with Crippen molar-refractivity contribution in [3.63, 3.8) is 0 Å². The number of aromatic nitrogens is 3. The highest BCUT2D eigenvalue weighted by molar-refractivity contribution is 7.09. The molecule has 0 aliphatic carbocycles. The van der Waals surface area contributed by atoms with E-state index in [2.05, 4.69) is 20.5 Å². The van der Waals surface area contributed by atoms with Gasteiger partial charge in [0.05, 0.1) is 28.7 Å². The molecule has 3 rings (SSSR count). The second-order valence-electron chi connectivity index (χ2n) is 5.62. The molecule has 1 aliphatic rings.